The van der Waals surface area contributed by atoms with E-state index in [1.807, 2.05) is 0 Å². The van der Waals surface area contributed by atoms with Crippen LogP contribution < -0.4 is 5.73 Å². The van der Waals surface area contributed by atoms with Crippen molar-refractivity contribution >= 4 is 11.7 Å². The predicted octanol–water partition coefficient (Wildman–Crippen LogP) is 0.0245. The Balaban J connectivity index is 2.52. The normalized spacial score (nSPS) is 17.4. The SMILES string of the molecule is COCCN(CCC(N)=NO)C(=O)C1CCOCC1. The van der Waals surface area contributed by atoms with Crippen molar-refractivity contribution in [2.75, 3.05) is 40.0 Å². The van der Waals surface area contributed by atoms with Crippen LogP contribution in [-0.4, -0.2) is 61.9 Å². The number of hydrogen-bond acceptors (Lipinski definition) is 5. The fraction of sp³-hybridized carbons (Fsp3) is 0.833. The lowest BCUT2D eigenvalue weighted by Gasteiger charge is -2.29. The Morgan fingerprint density at radius 1 is 1.47 bits per heavy atom. The first-order chi connectivity index (χ1) is 9.19. The van der Waals surface area contributed by atoms with E-state index in [1.165, 1.54) is 0 Å². The van der Waals surface area contributed by atoms with Gasteiger partial charge in [-0.05, 0) is 12.8 Å². The van der Waals surface area contributed by atoms with Crippen LogP contribution in [0.3, 0.4) is 0 Å². The van der Waals surface area contributed by atoms with Gasteiger partial charge >= 0.3 is 0 Å². The van der Waals surface area contributed by atoms with Gasteiger partial charge in [0, 0.05) is 45.8 Å². The molecule has 7 nitrogen and oxygen atoms in total. The summed E-state index contributed by atoms with van der Waals surface area (Å²) in [5.74, 6) is 0.242. The van der Waals surface area contributed by atoms with Gasteiger partial charge in [0.05, 0.1) is 6.61 Å². The van der Waals surface area contributed by atoms with Crippen molar-refractivity contribution in [3.8, 4) is 0 Å². The second-order valence-corrected chi connectivity index (χ2v) is 4.55. The van der Waals surface area contributed by atoms with Crippen LogP contribution in [0.2, 0.25) is 0 Å². The number of carbonyl (C=O) groups is 1. The van der Waals surface area contributed by atoms with Crippen molar-refractivity contribution in [3.63, 3.8) is 0 Å². The number of amidine groups is 1. The monoisotopic (exact) mass is 273 g/mol. The molecule has 1 amide bonds. The van der Waals surface area contributed by atoms with Crippen molar-refractivity contribution in [2.45, 2.75) is 19.3 Å². The van der Waals surface area contributed by atoms with Gasteiger partial charge in [0.2, 0.25) is 5.91 Å². The van der Waals surface area contributed by atoms with Crippen molar-refractivity contribution in [3.05, 3.63) is 0 Å². The van der Waals surface area contributed by atoms with Gasteiger partial charge in [-0.2, -0.15) is 0 Å². The van der Waals surface area contributed by atoms with E-state index in [2.05, 4.69) is 5.16 Å². The maximum absolute atomic E-state index is 12.4. The summed E-state index contributed by atoms with van der Waals surface area (Å²) in [4.78, 5) is 14.1. The Kier molecular flexibility index (Phi) is 7.20. The molecular formula is C12H23N3O4. The lowest BCUT2D eigenvalue weighted by molar-refractivity contribution is -0.139. The predicted molar refractivity (Wildman–Crippen MR) is 70.0 cm³/mol. The second-order valence-electron chi connectivity index (χ2n) is 4.55. The van der Waals surface area contributed by atoms with Gasteiger partial charge in [0.1, 0.15) is 5.84 Å². The first-order valence-corrected chi connectivity index (χ1v) is 6.51. The number of methoxy groups -OCH3 is 1. The highest BCUT2D eigenvalue weighted by atomic mass is 16.5. The first kappa shape index (κ1) is 15.7. The third-order valence-electron chi connectivity index (χ3n) is 3.21. The molecule has 110 valence electrons. The minimum Gasteiger partial charge on any atom is -0.409 e. The summed E-state index contributed by atoms with van der Waals surface area (Å²) >= 11 is 0. The molecule has 1 aliphatic rings. The summed E-state index contributed by atoms with van der Waals surface area (Å²) in [7, 11) is 1.60. The molecule has 1 aliphatic heterocycles. The van der Waals surface area contributed by atoms with Crippen molar-refractivity contribution in [2.24, 2.45) is 16.8 Å². The van der Waals surface area contributed by atoms with Crippen LogP contribution in [0.1, 0.15) is 19.3 Å². The van der Waals surface area contributed by atoms with Crippen LogP contribution in [0.5, 0.6) is 0 Å². The zero-order chi connectivity index (χ0) is 14.1. The summed E-state index contributed by atoms with van der Waals surface area (Å²) in [6, 6.07) is 0. The van der Waals surface area contributed by atoms with E-state index in [-0.39, 0.29) is 17.7 Å². The summed E-state index contributed by atoms with van der Waals surface area (Å²) in [5.41, 5.74) is 5.44. The van der Waals surface area contributed by atoms with E-state index >= 15 is 0 Å². The molecule has 1 fully saturated rings. The summed E-state index contributed by atoms with van der Waals surface area (Å²) < 4.78 is 10.3. The zero-order valence-corrected chi connectivity index (χ0v) is 11.4. The lowest BCUT2D eigenvalue weighted by Crippen LogP contribution is -2.41. The van der Waals surface area contributed by atoms with E-state index in [0.717, 1.165) is 12.8 Å². The largest absolute Gasteiger partial charge is 0.409 e. The molecule has 0 aromatic carbocycles. The van der Waals surface area contributed by atoms with Gasteiger partial charge in [0.25, 0.3) is 0 Å². The molecule has 3 N–H and O–H groups in total. The summed E-state index contributed by atoms with van der Waals surface area (Å²) in [6.07, 6.45) is 1.87. The average molecular weight is 273 g/mol. The van der Waals surface area contributed by atoms with E-state index in [9.17, 15) is 4.79 Å². The molecule has 1 saturated heterocycles. The molecule has 0 saturated carbocycles. The van der Waals surface area contributed by atoms with Gasteiger partial charge in [-0.25, -0.2) is 0 Å². The zero-order valence-electron chi connectivity index (χ0n) is 11.4. The van der Waals surface area contributed by atoms with Gasteiger partial charge in [-0.15, -0.1) is 0 Å². The van der Waals surface area contributed by atoms with Crippen molar-refractivity contribution in [1.29, 1.82) is 0 Å². The highest BCUT2D eigenvalue weighted by molar-refractivity contribution is 5.82. The maximum atomic E-state index is 12.4. The minimum absolute atomic E-state index is 0.0119. The van der Waals surface area contributed by atoms with Gasteiger partial charge in [0.15, 0.2) is 0 Å². The van der Waals surface area contributed by atoms with Crippen LogP contribution in [0.15, 0.2) is 5.16 Å². The fourth-order valence-corrected chi connectivity index (χ4v) is 2.04. The smallest absolute Gasteiger partial charge is 0.225 e. The van der Waals surface area contributed by atoms with Gasteiger partial charge in [-0.1, -0.05) is 5.16 Å². The number of nitrogens with two attached hydrogens (primary N) is 1. The van der Waals surface area contributed by atoms with E-state index in [0.29, 0.717) is 39.3 Å². The molecule has 1 heterocycles. The molecule has 1 rings (SSSR count). The van der Waals surface area contributed by atoms with Crippen LogP contribution in [-0.2, 0) is 14.3 Å². The van der Waals surface area contributed by atoms with E-state index < -0.39 is 0 Å². The number of carbonyl (C=O) groups excluding carboxylic acids is 1. The number of oxime groups is 1. The molecule has 0 unspecified atom stereocenters. The third-order valence-corrected chi connectivity index (χ3v) is 3.21. The Bertz CT molecular complexity index is 303. The van der Waals surface area contributed by atoms with Gasteiger partial charge in [-0.3, -0.25) is 4.79 Å². The van der Waals surface area contributed by atoms with Crippen molar-refractivity contribution in [1.82, 2.24) is 4.90 Å². The number of ether oxygens (including phenoxy) is 2. The Morgan fingerprint density at radius 3 is 2.74 bits per heavy atom. The highest BCUT2D eigenvalue weighted by Crippen LogP contribution is 2.17. The number of amides is 1. The van der Waals surface area contributed by atoms with E-state index in [4.69, 9.17) is 20.4 Å². The standard InChI is InChI=1S/C12H23N3O4/c1-18-9-6-15(5-2-11(13)14-17)12(16)10-3-7-19-8-4-10/h10,17H,2-9H2,1H3,(H2,13,14). The molecule has 0 spiro atoms. The fourth-order valence-electron chi connectivity index (χ4n) is 2.04. The molecule has 0 radical (unpaired) electrons. The Hall–Kier alpha value is -1.34. The molecular weight excluding hydrogens is 250 g/mol. The number of nitrogens with zero attached hydrogens (tertiary/aromatic N) is 2. The van der Waals surface area contributed by atoms with Crippen LogP contribution in [0.4, 0.5) is 0 Å². The lowest BCUT2D eigenvalue weighted by atomic mass is 9.98. The molecule has 0 aromatic heterocycles. The van der Waals surface area contributed by atoms with Crippen LogP contribution >= 0.6 is 0 Å². The molecule has 0 atom stereocenters. The molecule has 19 heavy (non-hydrogen) atoms. The number of rotatable bonds is 7. The molecule has 0 bridgehead atoms. The highest BCUT2D eigenvalue weighted by Gasteiger charge is 2.26. The Labute approximate surface area is 113 Å². The minimum atomic E-state index is 0.0119. The summed E-state index contributed by atoms with van der Waals surface area (Å²) in [5, 5.41) is 11.4. The van der Waals surface area contributed by atoms with Gasteiger partial charge < -0.3 is 25.3 Å². The average Bonchev–Trinajstić information content (AvgIpc) is 2.47. The molecule has 7 heteroatoms. The third kappa shape index (κ3) is 5.44. The summed E-state index contributed by atoms with van der Waals surface area (Å²) in [6.45, 7) is 2.70. The quantitative estimate of drug-likeness (QED) is 0.295. The van der Waals surface area contributed by atoms with E-state index in [1.54, 1.807) is 12.0 Å². The molecule has 0 aliphatic carbocycles. The molecule has 0 aromatic rings. The first-order valence-electron chi connectivity index (χ1n) is 6.51. The topological polar surface area (TPSA) is 97.4 Å². The second kappa shape index (κ2) is 8.71. The van der Waals surface area contributed by atoms with Crippen molar-refractivity contribution < 1.29 is 19.5 Å². The van der Waals surface area contributed by atoms with Crippen LogP contribution in [0, 0.1) is 5.92 Å². The Morgan fingerprint density at radius 2 is 2.16 bits per heavy atom. The number of hydrogen-bond donors (Lipinski definition) is 2. The van der Waals surface area contributed by atoms with Crippen LogP contribution in [0.25, 0.3) is 0 Å². The maximum Gasteiger partial charge on any atom is 0.225 e.